The summed E-state index contributed by atoms with van der Waals surface area (Å²) in [5, 5.41) is 4.72. The van der Waals surface area contributed by atoms with Crippen LogP contribution < -0.4 is 10.6 Å². The van der Waals surface area contributed by atoms with Crippen LogP contribution in [-0.2, 0) is 4.74 Å². The molecule has 2 amide bonds. The lowest BCUT2D eigenvalue weighted by molar-refractivity contribution is -0.164. The third-order valence-corrected chi connectivity index (χ3v) is 2.77. The molecular weight excluding hydrogens is 311 g/mol. The molecule has 0 atom stereocenters. The molecule has 0 unspecified atom stereocenters. The van der Waals surface area contributed by atoms with Gasteiger partial charge in [0.15, 0.2) is 6.61 Å². The van der Waals surface area contributed by atoms with E-state index in [9.17, 15) is 26.7 Å². The molecule has 1 aliphatic rings. The van der Waals surface area contributed by atoms with Crippen LogP contribution in [0, 0.1) is 0 Å². The standard InChI is InChI=1S/C13H17F5N2O2/c1-8(3-9(2)22-7-13(16,17)18)6-19-11(21)20-10-4-12(14,15)5-10/h3,10H,1,4-7H2,2H3,(H2,19,20,21)/b9-3+. The lowest BCUT2D eigenvalue weighted by atomic mass is 9.88. The topological polar surface area (TPSA) is 50.4 Å². The van der Waals surface area contributed by atoms with Crippen LogP contribution in [0.2, 0.25) is 0 Å². The van der Waals surface area contributed by atoms with E-state index in [1.807, 2.05) is 0 Å². The zero-order valence-corrected chi connectivity index (χ0v) is 11.9. The first-order valence-corrected chi connectivity index (χ1v) is 6.45. The van der Waals surface area contributed by atoms with Crippen molar-refractivity contribution in [2.75, 3.05) is 13.2 Å². The van der Waals surface area contributed by atoms with E-state index < -0.39 is 43.6 Å². The minimum absolute atomic E-state index is 0.00293. The Hall–Kier alpha value is -1.80. The highest BCUT2D eigenvalue weighted by Gasteiger charge is 2.45. The van der Waals surface area contributed by atoms with E-state index in [4.69, 9.17) is 0 Å². The van der Waals surface area contributed by atoms with Gasteiger partial charge in [-0.05, 0) is 18.6 Å². The Morgan fingerprint density at radius 1 is 1.41 bits per heavy atom. The minimum Gasteiger partial charge on any atom is -0.489 e. The fourth-order valence-corrected chi connectivity index (χ4v) is 1.77. The number of allylic oxidation sites excluding steroid dienone is 1. The number of amides is 2. The summed E-state index contributed by atoms with van der Waals surface area (Å²) < 4.78 is 65.4. The number of carbonyl (C=O) groups excluding carboxylic acids is 1. The molecular formula is C13H17F5N2O2. The maximum absolute atomic E-state index is 12.6. The summed E-state index contributed by atoms with van der Waals surface area (Å²) in [7, 11) is 0. The van der Waals surface area contributed by atoms with Crippen LogP contribution in [0.3, 0.4) is 0 Å². The van der Waals surface area contributed by atoms with Gasteiger partial charge in [-0.25, -0.2) is 13.6 Å². The molecule has 0 aromatic rings. The van der Waals surface area contributed by atoms with E-state index >= 15 is 0 Å². The molecule has 2 N–H and O–H groups in total. The predicted molar refractivity (Wildman–Crippen MR) is 69.4 cm³/mol. The molecule has 126 valence electrons. The zero-order chi connectivity index (χ0) is 17.0. The Labute approximate surface area is 124 Å². The van der Waals surface area contributed by atoms with Gasteiger partial charge in [0.25, 0.3) is 5.92 Å². The van der Waals surface area contributed by atoms with E-state index in [0.29, 0.717) is 5.57 Å². The molecule has 0 heterocycles. The van der Waals surface area contributed by atoms with Crippen LogP contribution in [0.25, 0.3) is 0 Å². The summed E-state index contributed by atoms with van der Waals surface area (Å²) in [6, 6.07) is -1.21. The van der Waals surface area contributed by atoms with Crippen LogP contribution in [0.15, 0.2) is 24.0 Å². The Bertz CT molecular complexity index is 452. The second-order valence-electron chi connectivity index (χ2n) is 5.11. The lowest BCUT2D eigenvalue weighted by Crippen LogP contribution is -2.53. The molecule has 1 rings (SSSR count). The molecule has 0 aromatic carbocycles. The van der Waals surface area contributed by atoms with Crippen LogP contribution in [-0.4, -0.2) is 37.3 Å². The monoisotopic (exact) mass is 328 g/mol. The predicted octanol–water partition coefficient (Wildman–Crippen LogP) is 3.12. The summed E-state index contributed by atoms with van der Waals surface area (Å²) in [4.78, 5) is 11.4. The van der Waals surface area contributed by atoms with Gasteiger partial charge in [-0.15, -0.1) is 0 Å². The Balaban J connectivity index is 2.23. The fraction of sp³-hybridized carbons (Fsp3) is 0.615. The number of nitrogens with one attached hydrogen (secondary N) is 2. The first-order chi connectivity index (χ1) is 9.97. The second-order valence-corrected chi connectivity index (χ2v) is 5.11. The number of rotatable bonds is 6. The molecule has 0 saturated heterocycles. The zero-order valence-electron chi connectivity index (χ0n) is 11.9. The van der Waals surface area contributed by atoms with Gasteiger partial charge in [0, 0.05) is 25.4 Å². The average molecular weight is 328 g/mol. The Morgan fingerprint density at radius 2 is 2.00 bits per heavy atom. The smallest absolute Gasteiger partial charge is 0.422 e. The van der Waals surface area contributed by atoms with Crippen LogP contribution in [0.4, 0.5) is 26.7 Å². The summed E-state index contributed by atoms with van der Waals surface area (Å²) in [6.45, 7) is 3.42. The third-order valence-electron chi connectivity index (χ3n) is 2.77. The maximum Gasteiger partial charge on any atom is 0.422 e. The molecule has 9 heteroatoms. The summed E-state index contributed by atoms with van der Waals surface area (Å²) >= 11 is 0. The maximum atomic E-state index is 12.6. The van der Waals surface area contributed by atoms with Gasteiger partial charge >= 0.3 is 12.2 Å². The molecule has 1 fully saturated rings. The van der Waals surface area contributed by atoms with Crippen LogP contribution in [0.1, 0.15) is 19.8 Å². The Morgan fingerprint density at radius 3 is 2.50 bits per heavy atom. The van der Waals surface area contributed by atoms with E-state index in [0.717, 1.165) is 0 Å². The van der Waals surface area contributed by atoms with Crippen molar-refractivity contribution >= 4 is 6.03 Å². The third kappa shape index (κ3) is 7.28. The number of alkyl halides is 5. The lowest BCUT2D eigenvalue weighted by Gasteiger charge is -2.35. The summed E-state index contributed by atoms with van der Waals surface area (Å²) in [5.41, 5.74) is 0.314. The summed E-state index contributed by atoms with van der Waals surface area (Å²) in [6.07, 6.45) is -3.97. The highest BCUT2D eigenvalue weighted by atomic mass is 19.4. The molecule has 4 nitrogen and oxygen atoms in total. The average Bonchev–Trinajstić information content (AvgIpc) is 2.31. The quantitative estimate of drug-likeness (QED) is 0.447. The van der Waals surface area contributed by atoms with Gasteiger partial charge in [-0.3, -0.25) is 0 Å². The molecule has 0 spiro atoms. The van der Waals surface area contributed by atoms with E-state index in [1.54, 1.807) is 0 Å². The van der Waals surface area contributed by atoms with Gasteiger partial charge in [-0.1, -0.05) is 6.58 Å². The van der Waals surface area contributed by atoms with Crippen LogP contribution in [0.5, 0.6) is 0 Å². The molecule has 1 saturated carbocycles. The highest BCUT2D eigenvalue weighted by molar-refractivity contribution is 5.74. The first kappa shape index (κ1) is 18.2. The van der Waals surface area contributed by atoms with E-state index in [1.165, 1.54) is 13.0 Å². The molecule has 0 bridgehead atoms. The minimum atomic E-state index is -4.43. The second kappa shape index (κ2) is 6.97. The van der Waals surface area contributed by atoms with Crippen molar-refractivity contribution in [3.05, 3.63) is 24.0 Å². The number of carbonyl (C=O) groups is 1. The summed E-state index contributed by atoms with van der Waals surface area (Å²) in [5.74, 6) is -2.72. The molecule has 0 aromatic heterocycles. The number of urea groups is 1. The van der Waals surface area contributed by atoms with Gasteiger partial charge in [0.2, 0.25) is 0 Å². The highest BCUT2D eigenvalue weighted by Crippen LogP contribution is 2.37. The molecule has 22 heavy (non-hydrogen) atoms. The van der Waals surface area contributed by atoms with Crippen molar-refractivity contribution in [2.24, 2.45) is 0 Å². The van der Waals surface area contributed by atoms with Crippen molar-refractivity contribution in [3.63, 3.8) is 0 Å². The number of hydrogen-bond donors (Lipinski definition) is 2. The number of ether oxygens (including phenoxy) is 1. The van der Waals surface area contributed by atoms with E-state index in [-0.39, 0.29) is 12.3 Å². The Kier molecular flexibility index (Phi) is 5.78. The molecule has 0 radical (unpaired) electrons. The van der Waals surface area contributed by atoms with Gasteiger partial charge in [-0.2, -0.15) is 13.2 Å². The van der Waals surface area contributed by atoms with Crippen molar-refractivity contribution < 1.29 is 31.5 Å². The van der Waals surface area contributed by atoms with E-state index in [2.05, 4.69) is 21.9 Å². The number of halogens is 5. The van der Waals surface area contributed by atoms with Crippen LogP contribution >= 0.6 is 0 Å². The van der Waals surface area contributed by atoms with Gasteiger partial charge in [0.1, 0.15) is 0 Å². The first-order valence-electron chi connectivity index (χ1n) is 6.45. The van der Waals surface area contributed by atoms with Crippen molar-refractivity contribution in [3.8, 4) is 0 Å². The van der Waals surface area contributed by atoms with Gasteiger partial charge in [0.05, 0.1) is 5.76 Å². The molecule has 0 aliphatic heterocycles. The number of hydrogen-bond acceptors (Lipinski definition) is 2. The van der Waals surface area contributed by atoms with Crippen molar-refractivity contribution in [1.29, 1.82) is 0 Å². The largest absolute Gasteiger partial charge is 0.489 e. The fourth-order valence-electron chi connectivity index (χ4n) is 1.77. The van der Waals surface area contributed by atoms with Gasteiger partial charge < -0.3 is 15.4 Å². The normalized spacial score (nSPS) is 18.4. The van der Waals surface area contributed by atoms with Crippen molar-refractivity contribution in [2.45, 2.75) is 37.9 Å². The molecule has 1 aliphatic carbocycles. The van der Waals surface area contributed by atoms with Crippen molar-refractivity contribution in [1.82, 2.24) is 10.6 Å². The SMILES string of the molecule is C=C(/C=C(\C)OCC(F)(F)F)CNC(=O)NC1CC(F)(F)C1.